The standard InChI is InChI=1S/C22H31NO4/c1-13(2)20(24)23-22(4)12-19(15-6-5-7-16(11-15)21(25)26)27-18-10-14(3)8-9-17(18)22/h5-7,11,13-14,17-19H,8-10,12H2,1-4H3,(H,23,24)(H,25,26)/t14-,17-,18-,19-,22-/m1/s1. The number of ether oxygens (including phenoxy) is 1. The molecule has 1 aromatic rings. The van der Waals surface area contributed by atoms with E-state index in [1.165, 1.54) is 0 Å². The molecule has 2 aliphatic rings. The first-order valence-electron chi connectivity index (χ1n) is 10.0. The topological polar surface area (TPSA) is 75.6 Å². The zero-order valence-electron chi connectivity index (χ0n) is 16.7. The van der Waals surface area contributed by atoms with E-state index < -0.39 is 5.97 Å². The third-order valence-electron chi connectivity index (χ3n) is 6.26. The van der Waals surface area contributed by atoms with Crippen molar-refractivity contribution in [3.05, 3.63) is 35.4 Å². The van der Waals surface area contributed by atoms with Crippen LogP contribution in [0.2, 0.25) is 0 Å². The van der Waals surface area contributed by atoms with E-state index in [2.05, 4.69) is 19.2 Å². The molecule has 1 aliphatic heterocycles. The van der Waals surface area contributed by atoms with Gasteiger partial charge in [-0.05, 0) is 43.4 Å². The van der Waals surface area contributed by atoms with E-state index in [1.54, 1.807) is 18.2 Å². The van der Waals surface area contributed by atoms with E-state index in [1.807, 2.05) is 19.9 Å². The van der Waals surface area contributed by atoms with Gasteiger partial charge in [0.05, 0.1) is 17.8 Å². The third kappa shape index (κ3) is 4.18. The van der Waals surface area contributed by atoms with Crippen LogP contribution in [0.3, 0.4) is 0 Å². The highest BCUT2D eigenvalue weighted by Crippen LogP contribution is 2.48. The predicted octanol–water partition coefficient (Wildman–Crippen LogP) is 4.18. The second kappa shape index (κ2) is 7.63. The largest absolute Gasteiger partial charge is 0.478 e. The summed E-state index contributed by atoms with van der Waals surface area (Å²) in [5, 5.41) is 12.6. The fraction of sp³-hybridized carbons (Fsp3) is 0.636. The molecule has 2 fully saturated rings. The Morgan fingerprint density at radius 1 is 1.30 bits per heavy atom. The average Bonchev–Trinajstić information content (AvgIpc) is 2.61. The minimum Gasteiger partial charge on any atom is -0.478 e. The first-order valence-corrected chi connectivity index (χ1v) is 10.0. The van der Waals surface area contributed by atoms with Gasteiger partial charge in [-0.15, -0.1) is 0 Å². The SMILES string of the molecule is CC(C)C(=O)N[C@]1(C)C[C@H](c2cccc(C(=O)O)c2)O[C@@H]2C[C@H](C)CC[C@H]21. The number of carbonyl (C=O) groups excluding carboxylic acids is 1. The number of benzene rings is 1. The maximum absolute atomic E-state index is 12.5. The Hall–Kier alpha value is -1.88. The average molecular weight is 373 g/mol. The van der Waals surface area contributed by atoms with Crippen molar-refractivity contribution in [2.45, 2.75) is 71.1 Å². The van der Waals surface area contributed by atoms with E-state index in [0.717, 1.165) is 24.8 Å². The molecule has 5 nitrogen and oxygen atoms in total. The normalized spacial score (nSPS) is 33.4. The van der Waals surface area contributed by atoms with Gasteiger partial charge in [0.1, 0.15) is 0 Å². The molecule has 0 unspecified atom stereocenters. The molecule has 27 heavy (non-hydrogen) atoms. The van der Waals surface area contributed by atoms with Gasteiger partial charge in [0, 0.05) is 23.8 Å². The molecule has 0 spiro atoms. The summed E-state index contributed by atoms with van der Waals surface area (Å²) in [6.45, 7) is 8.20. The summed E-state index contributed by atoms with van der Waals surface area (Å²) in [5.74, 6) is -0.0577. The fourth-order valence-corrected chi connectivity index (χ4v) is 4.64. The van der Waals surface area contributed by atoms with Crippen molar-refractivity contribution in [1.82, 2.24) is 5.32 Å². The summed E-state index contributed by atoms with van der Waals surface area (Å²) in [6, 6.07) is 6.99. The van der Waals surface area contributed by atoms with Gasteiger partial charge in [-0.1, -0.05) is 39.3 Å². The van der Waals surface area contributed by atoms with Crippen LogP contribution in [0.4, 0.5) is 0 Å². The quantitative estimate of drug-likeness (QED) is 0.830. The van der Waals surface area contributed by atoms with E-state index in [4.69, 9.17) is 4.74 Å². The highest BCUT2D eigenvalue weighted by molar-refractivity contribution is 5.87. The molecular weight excluding hydrogens is 342 g/mol. The molecule has 1 amide bonds. The van der Waals surface area contributed by atoms with Crippen LogP contribution in [0, 0.1) is 17.8 Å². The first-order chi connectivity index (χ1) is 12.7. The van der Waals surface area contributed by atoms with Crippen LogP contribution in [0.5, 0.6) is 0 Å². The minimum absolute atomic E-state index is 0.0646. The summed E-state index contributed by atoms with van der Waals surface area (Å²) in [6.07, 6.45) is 3.70. The predicted molar refractivity (Wildman–Crippen MR) is 104 cm³/mol. The molecule has 1 aromatic carbocycles. The monoisotopic (exact) mass is 373 g/mol. The van der Waals surface area contributed by atoms with Crippen molar-refractivity contribution in [2.75, 3.05) is 0 Å². The van der Waals surface area contributed by atoms with Gasteiger partial charge in [-0.2, -0.15) is 0 Å². The molecule has 0 radical (unpaired) electrons. The van der Waals surface area contributed by atoms with Crippen molar-refractivity contribution in [3.8, 4) is 0 Å². The van der Waals surface area contributed by atoms with Crippen molar-refractivity contribution < 1.29 is 19.4 Å². The highest BCUT2D eigenvalue weighted by atomic mass is 16.5. The summed E-state index contributed by atoms with van der Waals surface area (Å²) < 4.78 is 6.47. The van der Waals surface area contributed by atoms with E-state index >= 15 is 0 Å². The van der Waals surface area contributed by atoms with Crippen LogP contribution in [0.25, 0.3) is 0 Å². The van der Waals surface area contributed by atoms with Crippen molar-refractivity contribution in [1.29, 1.82) is 0 Å². The van der Waals surface area contributed by atoms with Crippen LogP contribution < -0.4 is 5.32 Å². The van der Waals surface area contributed by atoms with Gasteiger partial charge in [0.2, 0.25) is 5.91 Å². The molecule has 1 saturated carbocycles. The molecule has 3 rings (SSSR count). The molecule has 1 heterocycles. The van der Waals surface area contributed by atoms with Crippen molar-refractivity contribution in [3.63, 3.8) is 0 Å². The number of aromatic carboxylic acids is 1. The summed E-state index contributed by atoms with van der Waals surface area (Å²) in [7, 11) is 0. The Balaban J connectivity index is 1.91. The Labute approximate surface area is 161 Å². The molecule has 1 saturated heterocycles. The number of carboxylic acids is 1. The number of amides is 1. The Morgan fingerprint density at radius 3 is 2.70 bits per heavy atom. The lowest BCUT2D eigenvalue weighted by molar-refractivity contribution is -0.155. The van der Waals surface area contributed by atoms with Crippen molar-refractivity contribution in [2.24, 2.45) is 17.8 Å². The summed E-state index contributed by atoms with van der Waals surface area (Å²) in [4.78, 5) is 23.9. The highest BCUT2D eigenvalue weighted by Gasteiger charge is 2.49. The molecule has 5 atom stereocenters. The van der Waals surface area contributed by atoms with Gasteiger partial charge in [-0.25, -0.2) is 4.79 Å². The Bertz CT molecular complexity index is 716. The molecule has 1 aliphatic carbocycles. The van der Waals surface area contributed by atoms with Crippen LogP contribution in [0.1, 0.15) is 75.4 Å². The Kier molecular flexibility index (Phi) is 5.61. The molecule has 0 bridgehead atoms. The molecule has 0 aromatic heterocycles. The second-order valence-corrected chi connectivity index (χ2v) is 8.88. The summed E-state index contributed by atoms with van der Waals surface area (Å²) in [5.41, 5.74) is 0.786. The van der Waals surface area contributed by atoms with Gasteiger partial charge in [0.15, 0.2) is 0 Å². The van der Waals surface area contributed by atoms with Crippen LogP contribution >= 0.6 is 0 Å². The summed E-state index contributed by atoms with van der Waals surface area (Å²) >= 11 is 0. The number of nitrogens with one attached hydrogen (secondary N) is 1. The third-order valence-corrected chi connectivity index (χ3v) is 6.26. The zero-order chi connectivity index (χ0) is 19.8. The number of fused-ring (bicyclic) bond motifs is 1. The second-order valence-electron chi connectivity index (χ2n) is 8.88. The number of hydrogen-bond donors (Lipinski definition) is 2. The van der Waals surface area contributed by atoms with Gasteiger partial charge in [0.25, 0.3) is 0 Å². The lowest BCUT2D eigenvalue weighted by Crippen LogP contribution is -2.61. The zero-order valence-corrected chi connectivity index (χ0v) is 16.7. The maximum Gasteiger partial charge on any atom is 0.335 e. The lowest BCUT2D eigenvalue weighted by Gasteiger charge is -2.52. The van der Waals surface area contributed by atoms with Gasteiger partial charge < -0.3 is 15.2 Å². The molecular formula is C22H31NO4. The smallest absolute Gasteiger partial charge is 0.335 e. The van der Waals surface area contributed by atoms with E-state index in [9.17, 15) is 14.7 Å². The fourth-order valence-electron chi connectivity index (χ4n) is 4.64. The molecule has 2 N–H and O–H groups in total. The van der Waals surface area contributed by atoms with Crippen LogP contribution in [0.15, 0.2) is 24.3 Å². The number of carbonyl (C=O) groups is 2. The Morgan fingerprint density at radius 2 is 2.04 bits per heavy atom. The maximum atomic E-state index is 12.5. The first kappa shape index (κ1) is 19.9. The van der Waals surface area contributed by atoms with Gasteiger partial charge >= 0.3 is 5.97 Å². The molecule has 5 heteroatoms. The van der Waals surface area contributed by atoms with Crippen LogP contribution in [-0.2, 0) is 9.53 Å². The molecule has 148 valence electrons. The van der Waals surface area contributed by atoms with E-state index in [0.29, 0.717) is 12.3 Å². The minimum atomic E-state index is -0.937. The van der Waals surface area contributed by atoms with Crippen molar-refractivity contribution >= 4 is 11.9 Å². The number of carboxylic acid groups (broad SMARTS) is 1. The van der Waals surface area contributed by atoms with Crippen LogP contribution in [-0.4, -0.2) is 28.6 Å². The number of hydrogen-bond acceptors (Lipinski definition) is 3. The lowest BCUT2D eigenvalue weighted by atomic mass is 9.66. The van der Waals surface area contributed by atoms with Gasteiger partial charge in [-0.3, -0.25) is 4.79 Å². The van der Waals surface area contributed by atoms with E-state index in [-0.39, 0.29) is 41.1 Å². The number of rotatable bonds is 4.